The molecule has 1 aliphatic rings. The van der Waals surface area contributed by atoms with Crippen molar-refractivity contribution in [2.75, 3.05) is 18.1 Å². The number of anilines is 1. The third-order valence-electron chi connectivity index (χ3n) is 3.32. The molecule has 0 unspecified atom stereocenters. The molecular formula is C15H15ClN2O. The van der Waals surface area contributed by atoms with Crippen molar-refractivity contribution in [3.8, 4) is 5.75 Å². The molecule has 1 aromatic heterocycles. The lowest BCUT2D eigenvalue weighted by Gasteiger charge is -2.24. The van der Waals surface area contributed by atoms with E-state index in [2.05, 4.69) is 16.0 Å². The van der Waals surface area contributed by atoms with E-state index < -0.39 is 0 Å². The van der Waals surface area contributed by atoms with E-state index in [1.54, 1.807) is 0 Å². The number of para-hydroxylation sites is 1. The molecule has 0 spiro atoms. The molecule has 3 nitrogen and oxygen atoms in total. The molecule has 0 radical (unpaired) electrons. The Kier molecular flexibility index (Phi) is 3.56. The number of fused-ring (bicyclic) bond motifs is 1. The van der Waals surface area contributed by atoms with Crippen molar-refractivity contribution >= 4 is 17.3 Å². The van der Waals surface area contributed by atoms with Gasteiger partial charge in [-0.05, 0) is 12.1 Å². The van der Waals surface area contributed by atoms with E-state index >= 15 is 0 Å². The van der Waals surface area contributed by atoms with Crippen LogP contribution in [0.5, 0.6) is 5.75 Å². The average Bonchev–Trinajstić information content (AvgIpc) is 2.69. The molecule has 0 saturated carbocycles. The Morgan fingerprint density at radius 3 is 3.05 bits per heavy atom. The number of rotatable bonds is 2. The van der Waals surface area contributed by atoms with Crippen molar-refractivity contribution in [1.29, 1.82) is 0 Å². The Morgan fingerprint density at radius 1 is 1.26 bits per heavy atom. The predicted molar refractivity (Wildman–Crippen MR) is 76.8 cm³/mol. The highest BCUT2D eigenvalue weighted by atomic mass is 35.5. The second kappa shape index (κ2) is 5.49. The fourth-order valence-corrected chi connectivity index (χ4v) is 2.57. The molecule has 0 atom stereocenters. The maximum atomic E-state index is 5.99. The van der Waals surface area contributed by atoms with Crippen LogP contribution in [-0.2, 0) is 12.4 Å². The standard InChI is InChI=1S/C15H15ClN2O/c16-9-13-10-17-6-5-14(13)18-7-8-19-15-4-2-1-3-12(15)11-18/h1-6,10H,7-9,11H2. The van der Waals surface area contributed by atoms with Crippen LogP contribution in [0.3, 0.4) is 0 Å². The number of hydrogen-bond donors (Lipinski definition) is 0. The van der Waals surface area contributed by atoms with Crippen LogP contribution >= 0.6 is 11.6 Å². The summed E-state index contributed by atoms with van der Waals surface area (Å²) in [5.41, 5.74) is 3.41. The molecule has 0 amide bonds. The van der Waals surface area contributed by atoms with Crippen molar-refractivity contribution in [1.82, 2.24) is 4.98 Å². The first-order chi connectivity index (χ1) is 9.38. The predicted octanol–water partition coefficient (Wildman–Crippen LogP) is 3.22. The van der Waals surface area contributed by atoms with E-state index in [-0.39, 0.29) is 0 Å². The van der Waals surface area contributed by atoms with Gasteiger partial charge in [-0.25, -0.2) is 0 Å². The molecule has 2 heterocycles. The van der Waals surface area contributed by atoms with Gasteiger partial charge in [-0.1, -0.05) is 18.2 Å². The molecule has 19 heavy (non-hydrogen) atoms. The Bertz CT molecular complexity index is 574. The molecular weight excluding hydrogens is 260 g/mol. The zero-order valence-electron chi connectivity index (χ0n) is 10.6. The monoisotopic (exact) mass is 274 g/mol. The van der Waals surface area contributed by atoms with Crippen LogP contribution < -0.4 is 9.64 Å². The van der Waals surface area contributed by atoms with Gasteiger partial charge in [0.25, 0.3) is 0 Å². The van der Waals surface area contributed by atoms with Gasteiger partial charge in [-0.15, -0.1) is 11.6 Å². The summed E-state index contributed by atoms with van der Waals surface area (Å²) in [6.45, 7) is 2.37. The third-order valence-corrected chi connectivity index (χ3v) is 3.60. The molecule has 1 aromatic carbocycles. The molecule has 98 valence electrons. The summed E-state index contributed by atoms with van der Waals surface area (Å²) >= 11 is 5.99. The first-order valence-corrected chi connectivity index (χ1v) is 6.86. The third kappa shape index (κ3) is 2.51. The van der Waals surface area contributed by atoms with Crippen LogP contribution in [-0.4, -0.2) is 18.1 Å². The van der Waals surface area contributed by atoms with Crippen molar-refractivity contribution in [2.24, 2.45) is 0 Å². The zero-order chi connectivity index (χ0) is 13.1. The van der Waals surface area contributed by atoms with Gasteiger partial charge in [-0.3, -0.25) is 4.98 Å². The normalized spacial score (nSPS) is 14.5. The van der Waals surface area contributed by atoms with E-state index in [0.717, 1.165) is 30.1 Å². The number of alkyl halides is 1. The molecule has 1 aliphatic heterocycles. The van der Waals surface area contributed by atoms with Gasteiger partial charge < -0.3 is 9.64 Å². The first-order valence-electron chi connectivity index (χ1n) is 6.33. The van der Waals surface area contributed by atoms with E-state index in [9.17, 15) is 0 Å². The van der Waals surface area contributed by atoms with Gasteiger partial charge >= 0.3 is 0 Å². The summed E-state index contributed by atoms with van der Waals surface area (Å²) in [7, 11) is 0. The topological polar surface area (TPSA) is 25.4 Å². The molecule has 0 bridgehead atoms. The fraction of sp³-hybridized carbons (Fsp3) is 0.267. The van der Waals surface area contributed by atoms with Crippen LogP contribution in [0.4, 0.5) is 5.69 Å². The smallest absolute Gasteiger partial charge is 0.124 e. The number of hydrogen-bond acceptors (Lipinski definition) is 3. The molecule has 3 rings (SSSR count). The van der Waals surface area contributed by atoms with Gasteiger partial charge in [0.05, 0.1) is 12.4 Å². The number of halogens is 1. The fourth-order valence-electron chi connectivity index (χ4n) is 2.36. The SMILES string of the molecule is ClCc1cnccc1N1CCOc2ccccc2C1. The summed E-state index contributed by atoms with van der Waals surface area (Å²) in [6, 6.07) is 10.2. The van der Waals surface area contributed by atoms with Crippen molar-refractivity contribution in [2.45, 2.75) is 12.4 Å². The van der Waals surface area contributed by atoms with Crippen molar-refractivity contribution < 1.29 is 4.74 Å². The van der Waals surface area contributed by atoms with Gasteiger partial charge in [0, 0.05) is 35.8 Å². The summed E-state index contributed by atoms with van der Waals surface area (Å²) in [5, 5.41) is 0. The number of aromatic nitrogens is 1. The zero-order valence-corrected chi connectivity index (χ0v) is 11.3. The second-order valence-corrected chi connectivity index (χ2v) is 4.78. The van der Waals surface area contributed by atoms with E-state index in [1.165, 1.54) is 5.56 Å². The molecule has 0 aliphatic carbocycles. The van der Waals surface area contributed by atoms with Crippen molar-refractivity contribution in [3.05, 3.63) is 53.9 Å². The van der Waals surface area contributed by atoms with E-state index in [0.29, 0.717) is 12.5 Å². The minimum atomic E-state index is 0.474. The Balaban J connectivity index is 1.94. The highest BCUT2D eigenvalue weighted by Crippen LogP contribution is 2.28. The Labute approximate surface area is 117 Å². The molecule has 4 heteroatoms. The van der Waals surface area contributed by atoms with Gasteiger partial charge in [0.1, 0.15) is 12.4 Å². The minimum Gasteiger partial charge on any atom is -0.491 e. The van der Waals surface area contributed by atoms with Gasteiger partial charge in [0.2, 0.25) is 0 Å². The highest BCUT2D eigenvalue weighted by Gasteiger charge is 2.17. The summed E-state index contributed by atoms with van der Waals surface area (Å²) < 4.78 is 5.78. The molecule has 0 saturated heterocycles. The van der Waals surface area contributed by atoms with Crippen LogP contribution in [0.1, 0.15) is 11.1 Å². The van der Waals surface area contributed by atoms with Crippen LogP contribution in [0, 0.1) is 0 Å². The van der Waals surface area contributed by atoms with Crippen molar-refractivity contribution in [3.63, 3.8) is 0 Å². The van der Waals surface area contributed by atoms with Gasteiger partial charge in [-0.2, -0.15) is 0 Å². The molecule has 2 aromatic rings. The quantitative estimate of drug-likeness (QED) is 0.787. The Hall–Kier alpha value is -1.74. The summed E-state index contributed by atoms with van der Waals surface area (Å²) in [6.07, 6.45) is 3.64. The van der Waals surface area contributed by atoms with Crippen LogP contribution in [0.2, 0.25) is 0 Å². The highest BCUT2D eigenvalue weighted by molar-refractivity contribution is 6.17. The van der Waals surface area contributed by atoms with Gasteiger partial charge in [0.15, 0.2) is 0 Å². The van der Waals surface area contributed by atoms with Crippen LogP contribution in [0.25, 0.3) is 0 Å². The molecule has 0 N–H and O–H groups in total. The average molecular weight is 275 g/mol. The number of ether oxygens (including phenoxy) is 1. The van der Waals surface area contributed by atoms with E-state index in [1.807, 2.05) is 36.7 Å². The number of benzene rings is 1. The molecule has 0 fully saturated rings. The maximum absolute atomic E-state index is 5.99. The maximum Gasteiger partial charge on any atom is 0.124 e. The Morgan fingerprint density at radius 2 is 2.16 bits per heavy atom. The summed E-state index contributed by atoms with van der Waals surface area (Å²) in [4.78, 5) is 6.43. The number of pyridine rings is 1. The first kappa shape index (κ1) is 12.3. The lowest BCUT2D eigenvalue weighted by atomic mass is 10.1. The van der Waals surface area contributed by atoms with Crippen LogP contribution in [0.15, 0.2) is 42.7 Å². The lowest BCUT2D eigenvalue weighted by Crippen LogP contribution is -2.26. The largest absolute Gasteiger partial charge is 0.491 e. The summed E-state index contributed by atoms with van der Waals surface area (Å²) in [5.74, 6) is 1.45. The van der Waals surface area contributed by atoms with E-state index in [4.69, 9.17) is 16.3 Å². The number of nitrogens with zero attached hydrogens (tertiary/aromatic N) is 2. The lowest BCUT2D eigenvalue weighted by molar-refractivity contribution is 0.331. The second-order valence-electron chi connectivity index (χ2n) is 4.52. The minimum absolute atomic E-state index is 0.474.